The predicted octanol–water partition coefficient (Wildman–Crippen LogP) is 5.61. The fourth-order valence-corrected chi connectivity index (χ4v) is 2.04. The molecule has 0 aliphatic heterocycles. The second-order valence-corrected chi connectivity index (χ2v) is 5.28. The molecule has 0 atom stereocenters. The minimum absolute atomic E-state index is 1.18. The molecule has 0 unspecified atom stereocenters. The van der Waals surface area contributed by atoms with E-state index in [1.165, 1.54) is 76.4 Å². The molecular formula is C13H29BF4S. The van der Waals surface area contributed by atoms with Gasteiger partial charge in [-0.25, -0.2) is 0 Å². The van der Waals surface area contributed by atoms with Gasteiger partial charge < -0.3 is 17.3 Å². The molecule has 0 bridgehead atoms. The summed E-state index contributed by atoms with van der Waals surface area (Å²) in [6.45, 7) is 2.28. The van der Waals surface area contributed by atoms with Crippen molar-refractivity contribution in [2.24, 2.45) is 0 Å². The van der Waals surface area contributed by atoms with Crippen LogP contribution in [-0.4, -0.2) is 13.0 Å². The molecule has 0 radical (unpaired) electrons. The molecule has 6 heteroatoms. The SMILES string of the molecule is CCCCCCCCCCCCC[SH2+].F[B-](F)(F)F. The largest absolute Gasteiger partial charge is 0.673 e. The van der Waals surface area contributed by atoms with Crippen molar-refractivity contribution >= 4 is 19.9 Å². The molecule has 0 saturated heterocycles. The number of hydrogen-bond donors (Lipinski definition) is 0. The number of hydrogen-bond acceptors (Lipinski definition) is 0. The van der Waals surface area contributed by atoms with Gasteiger partial charge in [-0.3, -0.25) is 0 Å². The second-order valence-electron chi connectivity index (χ2n) is 4.78. The Morgan fingerprint density at radius 3 is 1.16 bits per heavy atom. The molecule has 0 aromatic heterocycles. The quantitative estimate of drug-likeness (QED) is 0.201. The highest BCUT2D eigenvalue weighted by Crippen LogP contribution is 2.10. The summed E-state index contributed by atoms with van der Waals surface area (Å²) in [5, 5.41) is 0. The lowest BCUT2D eigenvalue weighted by molar-refractivity contribution is 0.368. The van der Waals surface area contributed by atoms with E-state index in [0.717, 1.165) is 0 Å². The van der Waals surface area contributed by atoms with Crippen LogP contribution in [0.25, 0.3) is 0 Å². The smallest absolute Gasteiger partial charge is 0.418 e. The lowest BCUT2D eigenvalue weighted by Crippen LogP contribution is -2.02. The number of rotatable bonds is 11. The highest BCUT2D eigenvalue weighted by atomic mass is 32.1. The number of unbranched alkanes of at least 4 members (excludes halogenated alkanes) is 10. The summed E-state index contributed by atoms with van der Waals surface area (Å²) in [4.78, 5) is 0. The van der Waals surface area contributed by atoms with Crippen LogP contribution in [0.15, 0.2) is 0 Å². The summed E-state index contributed by atoms with van der Waals surface area (Å²) in [7, 11) is -6.00. The summed E-state index contributed by atoms with van der Waals surface area (Å²) < 4.78 is 39.0. The van der Waals surface area contributed by atoms with Crippen molar-refractivity contribution in [3.63, 3.8) is 0 Å². The second kappa shape index (κ2) is 16.2. The van der Waals surface area contributed by atoms with Crippen LogP contribution in [0.3, 0.4) is 0 Å². The van der Waals surface area contributed by atoms with Crippen molar-refractivity contribution in [3.8, 4) is 0 Å². The van der Waals surface area contributed by atoms with Gasteiger partial charge in [-0.1, -0.05) is 64.7 Å². The van der Waals surface area contributed by atoms with Crippen molar-refractivity contribution in [1.29, 1.82) is 0 Å². The highest BCUT2D eigenvalue weighted by Gasteiger charge is 2.20. The summed E-state index contributed by atoms with van der Waals surface area (Å²) >= 11 is 3.51. The average Bonchev–Trinajstić information content (AvgIpc) is 2.29. The maximum absolute atomic E-state index is 9.75. The van der Waals surface area contributed by atoms with E-state index in [4.69, 9.17) is 0 Å². The van der Waals surface area contributed by atoms with Crippen LogP contribution >= 0.6 is 0 Å². The van der Waals surface area contributed by atoms with E-state index in [2.05, 4.69) is 19.6 Å². The van der Waals surface area contributed by atoms with E-state index in [0.29, 0.717) is 0 Å². The zero-order chi connectivity index (χ0) is 15.0. The summed E-state index contributed by atoms with van der Waals surface area (Å²) in [5.41, 5.74) is 0. The Morgan fingerprint density at radius 1 is 0.632 bits per heavy atom. The third-order valence-electron chi connectivity index (χ3n) is 2.78. The van der Waals surface area contributed by atoms with Crippen molar-refractivity contribution in [2.45, 2.75) is 77.6 Å². The fourth-order valence-electron chi connectivity index (χ4n) is 1.79. The normalized spacial score (nSPS) is 11.1. The van der Waals surface area contributed by atoms with Crippen molar-refractivity contribution in [1.82, 2.24) is 0 Å². The van der Waals surface area contributed by atoms with Gasteiger partial charge in [-0.05, 0) is 25.5 Å². The fraction of sp³-hybridized carbons (Fsp3) is 1.00. The summed E-state index contributed by atoms with van der Waals surface area (Å²) in [6.07, 6.45) is 15.8. The van der Waals surface area contributed by atoms with Crippen molar-refractivity contribution < 1.29 is 17.3 Å². The average molecular weight is 304 g/mol. The molecule has 0 amide bonds. The third kappa shape index (κ3) is 38.1. The molecule has 0 saturated carbocycles. The molecule has 0 aromatic carbocycles. The lowest BCUT2D eigenvalue weighted by atomic mass is 10.1. The molecule has 0 fully saturated rings. The molecule has 0 rings (SSSR count). The van der Waals surface area contributed by atoms with E-state index in [9.17, 15) is 17.3 Å². The van der Waals surface area contributed by atoms with E-state index in [1.54, 1.807) is 0 Å². The molecule has 0 N–H and O–H groups in total. The standard InChI is InChI=1S/C13H28S.BF4/c1-2-3-4-5-6-7-8-9-10-11-12-13-14;2-1(3,4)5/h14H,2-13H2,1H3;/q;-1/p+1. The molecule has 0 aromatic rings. The molecule has 0 aliphatic rings. The minimum Gasteiger partial charge on any atom is -0.418 e. The Kier molecular flexibility index (Phi) is 18.3. The molecule has 0 spiro atoms. The van der Waals surface area contributed by atoms with Crippen LogP contribution in [-0.2, 0) is 12.6 Å². The summed E-state index contributed by atoms with van der Waals surface area (Å²) in [6, 6.07) is 0. The Balaban J connectivity index is 0. The Morgan fingerprint density at radius 2 is 0.895 bits per heavy atom. The molecule has 19 heavy (non-hydrogen) atoms. The van der Waals surface area contributed by atoms with E-state index < -0.39 is 7.25 Å². The molecular weight excluding hydrogens is 275 g/mol. The molecule has 0 nitrogen and oxygen atoms in total. The van der Waals surface area contributed by atoms with Gasteiger partial charge in [0, 0.05) is 0 Å². The van der Waals surface area contributed by atoms with Crippen LogP contribution < -0.4 is 0 Å². The van der Waals surface area contributed by atoms with Crippen molar-refractivity contribution in [2.75, 3.05) is 5.75 Å². The Labute approximate surface area is 121 Å². The van der Waals surface area contributed by atoms with Crippen LogP contribution in [0.4, 0.5) is 17.3 Å². The zero-order valence-corrected chi connectivity index (χ0v) is 13.1. The summed E-state index contributed by atoms with van der Waals surface area (Å²) in [5.74, 6) is 1.18. The minimum atomic E-state index is -6.00. The van der Waals surface area contributed by atoms with Crippen molar-refractivity contribution in [3.05, 3.63) is 0 Å². The van der Waals surface area contributed by atoms with Crippen LogP contribution in [0, 0.1) is 0 Å². The first-order valence-electron chi connectivity index (χ1n) is 7.43. The maximum Gasteiger partial charge on any atom is 0.673 e. The predicted molar refractivity (Wildman–Crippen MR) is 81.7 cm³/mol. The van der Waals surface area contributed by atoms with Gasteiger partial charge in [-0.15, -0.1) is 0 Å². The molecule has 0 aliphatic carbocycles. The number of halogens is 4. The molecule has 0 heterocycles. The maximum atomic E-state index is 9.75. The van der Waals surface area contributed by atoms with E-state index >= 15 is 0 Å². The first-order chi connectivity index (χ1) is 8.91. The van der Waals surface area contributed by atoms with Crippen LogP contribution in [0.1, 0.15) is 77.6 Å². The van der Waals surface area contributed by atoms with Gasteiger partial charge in [0.1, 0.15) is 5.75 Å². The first-order valence-corrected chi connectivity index (χ1v) is 8.14. The van der Waals surface area contributed by atoms with Gasteiger partial charge in [-0.2, -0.15) is 0 Å². The van der Waals surface area contributed by atoms with E-state index in [-0.39, 0.29) is 0 Å². The zero-order valence-electron chi connectivity index (χ0n) is 12.1. The third-order valence-corrected chi connectivity index (χ3v) is 3.13. The van der Waals surface area contributed by atoms with Gasteiger partial charge in [0.05, 0.1) is 0 Å². The topological polar surface area (TPSA) is 0 Å². The monoisotopic (exact) mass is 304 g/mol. The van der Waals surface area contributed by atoms with Crippen LogP contribution in [0.2, 0.25) is 0 Å². The Bertz CT molecular complexity index is 147. The van der Waals surface area contributed by atoms with Gasteiger partial charge in [0.15, 0.2) is 0 Å². The van der Waals surface area contributed by atoms with Gasteiger partial charge in [0.2, 0.25) is 0 Å². The lowest BCUT2D eigenvalue weighted by Gasteiger charge is -2.00. The highest BCUT2D eigenvalue weighted by molar-refractivity contribution is 7.58. The first kappa shape index (κ1) is 21.4. The Hall–Kier alpha value is 0.135. The molecule has 118 valence electrons. The van der Waals surface area contributed by atoms with Gasteiger partial charge in [0.25, 0.3) is 0 Å². The van der Waals surface area contributed by atoms with Gasteiger partial charge >= 0.3 is 7.25 Å². The van der Waals surface area contributed by atoms with Crippen LogP contribution in [0.5, 0.6) is 0 Å². The van der Waals surface area contributed by atoms with E-state index in [1.807, 2.05) is 0 Å².